The molecule has 116 valence electrons. The van der Waals surface area contributed by atoms with Crippen LogP contribution < -0.4 is 10.1 Å². The number of hydrogen-bond acceptors (Lipinski definition) is 2. The van der Waals surface area contributed by atoms with Crippen LogP contribution in [0.4, 0.5) is 18.9 Å². The molecule has 0 aliphatic heterocycles. The Morgan fingerprint density at radius 3 is 2.55 bits per heavy atom. The predicted molar refractivity (Wildman–Crippen MR) is 77.4 cm³/mol. The standard InChI is InChI=1S/C15H11ClF3NO2/c1-22-11-4-2-3-9(7-11)14(21)20-13-8-10(15(17,18)19)5-6-12(13)16/h2-8H,1H3,(H,20,21). The first-order chi connectivity index (χ1) is 10.3. The summed E-state index contributed by atoms with van der Waals surface area (Å²) in [6, 6.07) is 8.96. The molecule has 22 heavy (non-hydrogen) atoms. The van der Waals surface area contributed by atoms with Gasteiger partial charge in [0.1, 0.15) is 5.75 Å². The maximum atomic E-state index is 12.7. The van der Waals surface area contributed by atoms with Gasteiger partial charge in [-0.3, -0.25) is 4.79 Å². The van der Waals surface area contributed by atoms with Crippen molar-refractivity contribution in [3.8, 4) is 5.75 Å². The first-order valence-electron chi connectivity index (χ1n) is 6.13. The quantitative estimate of drug-likeness (QED) is 0.892. The van der Waals surface area contributed by atoms with Crippen LogP contribution in [0.25, 0.3) is 0 Å². The zero-order valence-electron chi connectivity index (χ0n) is 11.4. The van der Waals surface area contributed by atoms with Crippen molar-refractivity contribution < 1.29 is 22.7 Å². The van der Waals surface area contributed by atoms with E-state index in [0.717, 1.165) is 18.2 Å². The number of anilines is 1. The van der Waals surface area contributed by atoms with Gasteiger partial charge >= 0.3 is 6.18 Å². The fraction of sp³-hybridized carbons (Fsp3) is 0.133. The second-order valence-corrected chi connectivity index (χ2v) is 4.79. The Morgan fingerprint density at radius 2 is 1.91 bits per heavy atom. The van der Waals surface area contributed by atoms with E-state index in [2.05, 4.69) is 5.32 Å². The normalized spacial score (nSPS) is 11.1. The monoisotopic (exact) mass is 329 g/mol. The topological polar surface area (TPSA) is 38.3 Å². The Hall–Kier alpha value is -2.21. The molecule has 0 spiro atoms. The van der Waals surface area contributed by atoms with Gasteiger partial charge < -0.3 is 10.1 Å². The van der Waals surface area contributed by atoms with Crippen LogP contribution in [0, 0.1) is 0 Å². The average Bonchev–Trinajstić information content (AvgIpc) is 2.48. The number of amides is 1. The third-order valence-corrected chi connectivity index (χ3v) is 3.20. The molecule has 0 unspecified atom stereocenters. The number of carbonyl (C=O) groups excluding carboxylic acids is 1. The molecule has 3 nitrogen and oxygen atoms in total. The lowest BCUT2D eigenvalue weighted by Gasteiger charge is -2.12. The molecular weight excluding hydrogens is 319 g/mol. The van der Waals surface area contributed by atoms with Gasteiger partial charge in [0.05, 0.1) is 23.4 Å². The molecule has 2 aromatic rings. The van der Waals surface area contributed by atoms with Gasteiger partial charge in [0.25, 0.3) is 5.91 Å². The minimum atomic E-state index is -4.51. The summed E-state index contributed by atoms with van der Waals surface area (Å²) in [5, 5.41) is 2.38. The minimum Gasteiger partial charge on any atom is -0.497 e. The maximum absolute atomic E-state index is 12.7. The summed E-state index contributed by atoms with van der Waals surface area (Å²) in [7, 11) is 1.45. The number of benzene rings is 2. The molecule has 0 fully saturated rings. The number of methoxy groups -OCH3 is 1. The second kappa shape index (κ2) is 6.27. The number of hydrogen-bond donors (Lipinski definition) is 1. The van der Waals surface area contributed by atoms with Crippen LogP contribution in [0.5, 0.6) is 5.75 Å². The van der Waals surface area contributed by atoms with Gasteiger partial charge in [-0.15, -0.1) is 0 Å². The molecule has 0 aromatic heterocycles. The molecule has 0 aliphatic carbocycles. The van der Waals surface area contributed by atoms with E-state index in [-0.39, 0.29) is 16.3 Å². The maximum Gasteiger partial charge on any atom is 0.416 e. The summed E-state index contributed by atoms with van der Waals surface area (Å²) >= 11 is 5.83. The minimum absolute atomic E-state index is 0.0178. The molecule has 0 radical (unpaired) electrons. The van der Waals surface area contributed by atoms with Crippen LogP contribution in [-0.2, 0) is 6.18 Å². The summed E-state index contributed by atoms with van der Waals surface area (Å²) in [6.45, 7) is 0. The summed E-state index contributed by atoms with van der Waals surface area (Å²) in [4.78, 5) is 12.1. The number of halogens is 4. The smallest absolute Gasteiger partial charge is 0.416 e. The highest BCUT2D eigenvalue weighted by atomic mass is 35.5. The molecule has 0 saturated heterocycles. The van der Waals surface area contributed by atoms with Crippen molar-refractivity contribution in [1.29, 1.82) is 0 Å². The van der Waals surface area contributed by atoms with Crippen LogP contribution >= 0.6 is 11.6 Å². The summed E-state index contributed by atoms with van der Waals surface area (Å²) < 4.78 is 43.0. The van der Waals surface area contributed by atoms with Crippen LogP contribution in [0.3, 0.4) is 0 Å². The van der Waals surface area contributed by atoms with Gasteiger partial charge in [-0.25, -0.2) is 0 Å². The molecule has 2 rings (SSSR count). The van der Waals surface area contributed by atoms with Gasteiger partial charge in [-0.2, -0.15) is 13.2 Å². The third kappa shape index (κ3) is 3.71. The van der Waals surface area contributed by atoms with E-state index in [4.69, 9.17) is 16.3 Å². The lowest BCUT2D eigenvalue weighted by molar-refractivity contribution is -0.137. The molecule has 0 saturated carbocycles. The SMILES string of the molecule is COc1cccc(C(=O)Nc2cc(C(F)(F)F)ccc2Cl)c1. The summed E-state index contributed by atoms with van der Waals surface area (Å²) in [5.41, 5.74) is -0.755. The third-order valence-electron chi connectivity index (χ3n) is 2.87. The van der Waals surface area contributed by atoms with Crippen LogP contribution in [0.15, 0.2) is 42.5 Å². The fourth-order valence-electron chi connectivity index (χ4n) is 1.76. The van der Waals surface area contributed by atoms with E-state index in [0.29, 0.717) is 5.75 Å². The molecule has 0 aliphatic rings. The first-order valence-corrected chi connectivity index (χ1v) is 6.51. The molecule has 0 heterocycles. The van der Waals surface area contributed by atoms with Crippen LogP contribution in [-0.4, -0.2) is 13.0 Å². The van der Waals surface area contributed by atoms with Crippen molar-refractivity contribution in [3.63, 3.8) is 0 Å². The molecule has 1 N–H and O–H groups in total. The molecule has 7 heteroatoms. The summed E-state index contributed by atoms with van der Waals surface area (Å²) in [5.74, 6) is -0.122. The Bertz CT molecular complexity index is 701. The Morgan fingerprint density at radius 1 is 1.18 bits per heavy atom. The predicted octanol–water partition coefficient (Wildman–Crippen LogP) is 4.62. The fourth-order valence-corrected chi connectivity index (χ4v) is 1.92. The highest BCUT2D eigenvalue weighted by molar-refractivity contribution is 6.34. The average molecular weight is 330 g/mol. The lowest BCUT2D eigenvalue weighted by Crippen LogP contribution is -2.13. The van der Waals surface area contributed by atoms with E-state index in [1.54, 1.807) is 12.1 Å². The van der Waals surface area contributed by atoms with Crippen molar-refractivity contribution >= 4 is 23.2 Å². The van der Waals surface area contributed by atoms with Gasteiger partial charge in [0.2, 0.25) is 0 Å². The van der Waals surface area contributed by atoms with E-state index >= 15 is 0 Å². The van der Waals surface area contributed by atoms with E-state index < -0.39 is 17.6 Å². The van der Waals surface area contributed by atoms with Crippen molar-refractivity contribution in [3.05, 3.63) is 58.6 Å². The molecule has 2 aromatic carbocycles. The van der Waals surface area contributed by atoms with Crippen molar-refractivity contribution in [2.75, 3.05) is 12.4 Å². The molecule has 0 bridgehead atoms. The Kier molecular flexibility index (Phi) is 4.61. The van der Waals surface area contributed by atoms with Crippen molar-refractivity contribution in [2.45, 2.75) is 6.18 Å². The zero-order chi connectivity index (χ0) is 16.3. The zero-order valence-corrected chi connectivity index (χ0v) is 12.1. The largest absolute Gasteiger partial charge is 0.497 e. The first kappa shape index (κ1) is 16.2. The van der Waals surface area contributed by atoms with Gasteiger partial charge in [0, 0.05) is 5.56 Å². The number of ether oxygens (including phenoxy) is 1. The Balaban J connectivity index is 2.28. The Labute approximate surface area is 129 Å². The molecule has 1 amide bonds. The van der Waals surface area contributed by atoms with E-state index in [1.807, 2.05) is 0 Å². The number of alkyl halides is 3. The van der Waals surface area contributed by atoms with Gasteiger partial charge in [-0.1, -0.05) is 17.7 Å². The van der Waals surface area contributed by atoms with E-state index in [1.165, 1.54) is 19.2 Å². The lowest BCUT2D eigenvalue weighted by atomic mass is 10.1. The summed E-state index contributed by atoms with van der Waals surface area (Å²) in [6.07, 6.45) is -4.51. The van der Waals surface area contributed by atoms with Crippen LogP contribution in [0.2, 0.25) is 5.02 Å². The number of nitrogens with one attached hydrogen (secondary N) is 1. The highest BCUT2D eigenvalue weighted by Crippen LogP contribution is 2.34. The van der Waals surface area contributed by atoms with Gasteiger partial charge in [-0.05, 0) is 36.4 Å². The highest BCUT2D eigenvalue weighted by Gasteiger charge is 2.31. The molecular formula is C15H11ClF3NO2. The number of rotatable bonds is 3. The van der Waals surface area contributed by atoms with E-state index in [9.17, 15) is 18.0 Å². The number of carbonyl (C=O) groups is 1. The van der Waals surface area contributed by atoms with Gasteiger partial charge in [0.15, 0.2) is 0 Å². The van der Waals surface area contributed by atoms with Crippen molar-refractivity contribution in [2.24, 2.45) is 0 Å². The molecule has 0 atom stereocenters. The van der Waals surface area contributed by atoms with Crippen LogP contribution in [0.1, 0.15) is 15.9 Å². The second-order valence-electron chi connectivity index (χ2n) is 4.38. The van der Waals surface area contributed by atoms with Crippen molar-refractivity contribution in [1.82, 2.24) is 0 Å².